The summed E-state index contributed by atoms with van der Waals surface area (Å²) in [6, 6.07) is 2.21. The minimum absolute atomic E-state index is 0.348. The molecule has 0 radical (unpaired) electrons. The molecule has 1 aromatic carbocycles. The van der Waals surface area contributed by atoms with Gasteiger partial charge in [-0.3, -0.25) is 0 Å². The number of nitrogens with zero attached hydrogens (tertiary/aromatic N) is 1. The van der Waals surface area contributed by atoms with Gasteiger partial charge in [0.05, 0.1) is 6.10 Å². The Morgan fingerprint density at radius 1 is 1.00 bits per heavy atom. The third-order valence-corrected chi connectivity index (χ3v) is 4.37. The van der Waals surface area contributed by atoms with Crippen molar-refractivity contribution in [1.82, 2.24) is 4.90 Å². The second-order valence-corrected chi connectivity index (χ2v) is 5.51. The fraction of sp³-hybridized carbons (Fsp3) is 0.647. The predicted octanol–water partition coefficient (Wildman–Crippen LogP) is 3.69. The van der Waals surface area contributed by atoms with Crippen molar-refractivity contribution in [2.24, 2.45) is 0 Å². The van der Waals surface area contributed by atoms with Gasteiger partial charge in [-0.1, -0.05) is 19.9 Å². The fourth-order valence-corrected chi connectivity index (χ4v) is 2.74. The zero-order valence-electron chi connectivity index (χ0n) is 13.4. The summed E-state index contributed by atoms with van der Waals surface area (Å²) >= 11 is 0. The van der Waals surface area contributed by atoms with E-state index < -0.39 is 0 Å². The molecule has 19 heavy (non-hydrogen) atoms. The first-order valence-electron chi connectivity index (χ1n) is 7.40. The van der Waals surface area contributed by atoms with Crippen LogP contribution in [0.3, 0.4) is 0 Å². The molecule has 0 amide bonds. The van der Waals surface area contributed by atoms with Crippen molar-refractivity contribution in [1.29, 1.82) is 0 Å². The number of hydrogen-bond donors (Lipinski definition) is 1. The van der Waals surface area contributed by atoms with Gasteiger partial charge in [-0.25, -0.2) is 0 Å². The molecule has 1 atom stereocenters. The first kappa shape index (κ1) is 16.2. The molecule has 0 spiro atoms. The van der Waals surface area contributed by atoms with Gasteiger partial charge in [-0.15, -0.1) is 0 Å². The van der Waals surface area contributed by atoms with E-state index in [9.17, 15) is 5.11 Å². The summed E-state index contributed by atoms with van der Waals surface area (Å²) in [6.07, 6.45) is 0.464. The molecule has 1 rings (SSSR count). The number of hydrogen-bond acceptors (Lipinski definition) is 2. The van der Waals surface area contributed by atoms with Crippen LogP contribution in [0.25, 0.3) is 0 Å². The van der Waals surface area contributed by atoms with Crippen LogP contribution in [0, 0.1) is 27.7 Å². The number of aryl methyl sites for hydroxylation is 2. The molecule has 1 N–H and O–H groups in total. The maximum atomic E-state index is 10.5. The highest BCUT2D eigenvalue weighted by Gasteiger charge is 2.17. The van der Waals surface area contributed by atoms with Gasteiger partial charge >= 0.3 is 0 Å². The SMILES string of the molecule is CCN(CC)CCC(O)c1c(C)c(C)cc(C)c1C. The number of aliphatic hydroxyl groups is 1. The van der Waals surface area contributed by atoms with E-state index in [4.69, 9.17) is 0 Å². The average molecular weight is 263 g/mol. The van der Waals surface area contributed by atoms with E-state index in [1.165, 1.54) is 22.3 Å². The molecular formula is C17H29NO. The van der Waals surface area contributed by atoms with Crippen molar-refractivity contribution >= 4 is 0 Å². The Kier molecular flexibility index (Phi) is 6.02. The van der Waals surface area contributed by atoms with Crippen LogP contribution in [0.4, 0.5) is 0 Å². The van der Waals surface area contributed by atoms with E-state index in [1.54, 1.807) is 0 Å². The summed E-state index contributed by atoms with van der Waals surface area (Å²) in [5.41, 5.74) is 6.19. The van der Waals surface area contributed by atoms with Gasteiger partial charge < -0.3 is 10.0 Å². The molecule has 2 heteroatoms. The largest absolute Gasteiger partial charge is 0.388 e. The Labute approximate surface area is 118 Å². The molecule has 0 aromatic heterocycles. The summed E-state index contributed by atoms with van der Waals surface area (Å²) in [4.78, 5) is 2.36. The highest BCUT2D eigenvalue weighted by Crippen LogP contribution is 2.29. The lowest BCUT2D eigenvalue weighted by Crippen LogP contribution is -2.25. The maximum Gasteiger partial charge on any atom is 0.0807 e. The van der Waals surface area contributed by atoms with E-state index in [0.717, 1.165) is 31.6 Å². The molecule has 0 aliphatic rings. The van der Waals surface area contributed by atoms with Crippen molar-refractivity contribution in [2.45, 2.75) is 54.1 Å². The standard InChI is InChI=1S/C17H29NO/c1-7-18(8-2)10-9-16(19)17-14(5)12(3)11-13(4)15(17)6/h11,16,19H,7-10H2,1-6H3. The lowest BCUT2D eigenvalue weighted by molar-refractivity contribution is 0.144. The average Bonchev–Trinajstić information content (AvgIpc) is 2.38. The molecule has 2 nitrogen and oxygen atoms in total. The van der Waals surface area contributed by atoms with Crippen LogP contribution >= 0.6 is 0 Å². The van der Waals surface area contributed by atoms with Gasteiger partial charge in [-0.2, -0.15) is 0 Å². The lowest BCUT2D eigenvalue weighted by Gasteiger charge is -2.23. The van der Waals surface area contributed by atoms with Crippen molar-refractivity contribution in [2.75, 3.05) is 19.6 Å². The van der Waals surface area contributed by atoms with Gasteiger partial charge in [0.2, 0.25) is 0 Å². The van der Waals surface area contributed by atoms with Gasteiger partial charge in [0.25, 0.3) is 0 Å². The second-order valence-electron chi connectivity index (χ2n) is 5.51. The molecule has 0 aliphatic heterocycles. The molecule has 0 bridgehead atoms. The van der Waals surface area contributed by atoms with Gasteiger partial charge in [0.15, 0.2) is 0 Å². The second kappa shape index (κ2) is 7.06. The Morgan fingerprint density at radius 2 is 1.47 bits per heavy atom. The molecule has 0 aliphatic carbocycles. The van der Waals surface area contributed by atoms with Crippen molar-refractivity contribution in [3.63, 3.8) is 0 Å². The quantitative estimate of drug-likeness (QED) is 0.846. The molecule has 1 aromatic rings. The van der Waals surface area contributed by atoms with Crippen LogP contribution in [0.15, 0.2) is 6.07 Å². The summed E-state index contributed by atoms with van der Waals surface area (Å²) in [5, 5.41) is 10.5. The van der Waals surface area contributed by atoms with E-state index in [-0.39, 0.29) is 6.10 Å². The van der Waals surface area contributed by atoms with Gasteiger partial charge in [0, 0.05) is 6.54 Å². The number of aliphatic hydroxyl groups excluding tert-OH is 1. The van der Waals surface area contributed by atoms with Crippen LogP contribution in [0.1, 0.15) is 54.2 Å². The summed E-state index contributed by atoms with van der Waals surface area (Å²) in [7, 11) is 0. The Hall–Kier alpha value is -0.860. The van der Waals surface area contributed by atoms with Crippen molar-refractivity contribution in [3.05, 3.63) is 33.9 Å². The molecule has 0 heterocycles. The highest BCUT2D eigenvalue weighted by atomic mass is 16.3. The van der Waals surface area contributed by atoms with Crippen LogP contribution < -0.4 is 0 Å². The topological polar surface area (TPSA) is 23.5 Å². The Morgan fingerprint density at radius 3 is 1.89 bits per heavy atom. The van der Waals surface area contributed by atoms with Crippen LogP contribution in [-0.2, 0) is 0 Å². The predicted molar refractivity (Wildman–Crippen MR) is 82.8 cm³/mol. The molecular weight excluding hydrogens is 234 g/mol. The fourth-order valence-electron chi connectivity index (χ4n) is 2.74. The van der Waals surface area contributed by atoms with Gasteiger partial charge in [0.1, 0.15) is 0 Å². The Balaban J connectivity index is 2.90. The van der Waals surface area contributed by atoms with Crippen LogP contribution in [0.2, 0.25) is 0 Å². The summed E-state index contributed by atoms with van der Waals surface area (Å²) in [5.74, 6) is 0. The third-order valence-electron chi connectivity index (χ3n) is 4.37. The summed E-state index contributed by atoms with van der Waals surface area (Å²) in [6.45, 7) is 15.9. The first-order valence-corrected chi connectivity index (χ1v) is 7.40. The number of rotatable bonds is 6. The van der Waals surface area contributed by atoms with Gasteiger partial charge in [-0.05, 0) is 75.0 Å². The van der Waals surface area contributed by atoms with Crippen LogP contribution in [-0.4, -0.2) is 29.6 Å². The monoisotopic (exact) mass is 263 g/mol. The zero-order chi connectivity index (χ0) is 14.6. The minimum atomic E-state index is -0.348. The lowest BCUT2D eigenvalue weighted by atomic mass is 9.90. The Bertz CT molecular complexity index is 396. The van der Waals surface area contributed by atoms with E-state index >= 15 is 0 Å². The molecule has 108 valence electrons. The normalized spacial score (nSPS) is 13.1. The molecule has 1 unspecified atom stereocenters. The van der Waals surface area contributed by atoms with Crippen LogP contribution in [0.5, 0.6) is 0 Å². The molecule has 0 fully saturated rings. The highest BCUT2D eigenvalue weighted by molar-refractivity contribution is 5.45. The third kappa shape index (κ3) is 3.80. The zero-order valence-corrected chi connectivity index (χ0v) is 13.4. The van der Waals surface area contributed by atoms with E-state index in [1.807, 2.05) is 0 Å². The summed E-state index contributed by atoms with van der Waals surface area (Å²) < 4.78 is 0. The molecule has 0 saturated carbocycles. The minimum Gasteiger partial charge on any atom is -0.388 e. The van der Waals surface area contributed by atoms with E-state index in [0.29, 0.717) is 0 Å². The molecule has 0 saturated heterocycles. The smallest absolute Gasteiger partial charge is 0.0807 e. The van der Waals surface area contributed by atoms with Crippen molar-refractivity contribution in [3.8, 4) is 0 Å². The maximum absolute atomic E-state index is 10.5. The van der Waals surface area contributed by atoms with Crippen molar-refractivity contribution < 1.29 is 5.11 Å². The number of benzene rings is 1. The van der Waals surface area contributed by atoms with E-state index in [2.05, 4.69) is 52.5 Å². The first-order chi connectivity index (χ1) is 8.92.